The number of benzene rings is 11. The van der Waals surface area contributed by atoms with Crippen molar-refractivity contribution in [3.8, 4) is 66.8 Å². The normalized spacial score (nSPS) is 12.8. The molecule has 1 aromatic heterocycles. The van der Waals surface area contributed by atoms with E-state index in [1.807, 2.05) is 11.3 Å². The van der Waals surface area contributed by atoms with Crippen molar-refractivity contribution in [2.75, 3.05) is 4.90 Å². The quantitative estimate of drug-likeness (QED) is 0.154. The van der Waals surface area contributed by atoms with Crippen LogP contribution < -0.4 is 4.90 Å². The smallest absolute Gasteiger partial charge is 0.0725 e. The van der Waals surface area contributed by atoms with Gasteiger partial charge in [-0.2, -0.15) is 0 Å². The van der Waals surface area contributed by atoms with E-state index in [0.717, 1.165) is 22.6 Å². The molecule has 0 saturated carbocycles. The van der Waals surface area contributed by atoms with Gasteiger partial charge in [-0.05, 0) is 126 Å². The molecule has 0 N–H and O–H groups in total. The van der Waals surface area contributed by atoms with E-state index in [4.69, 9.17) is 0 Å². The third kappa shape index (κ3) is 6.02. The summed E-state index contributed by atoms with van der Waals surface area (Å²) in [4.78, 5) is 2.48. The number of anilines is 3. The molecule has 1 nitrogen and oxygen atoms in total. The standard InChI is InChI=1S/C67H43NS/c1-2-18-45(19-3-1)49-20-4-5-21-50(49)51-22-6-7-23-52(51)56-27-11-16-32-64(56)68(47-37-34-44(35-38-47)46-36-40-58-57-28-12-17-33-65(57)69-66(58)42-46)48-39-41-63-59(43-48)55-26-10-15-31-62(55)67(63)60-29-13-8-24-53(60)54-25-9-14-30-61(54)67/h1-43H. The maximum atomic E-state index is 2.48. The van der Waals surface area contributed by atoms with Gasteiger partial charge in [-0.1, -0.05) is 218 Å². The van der Waals surface area contributed by atoms with Crippen molar-refractivity contribution in [1.82, 2.24) is 0 Å². The van der Waals surface area contributed by atoms with Gasteiger partial charge in [0.25, 0.3) is 0 Å². The molecule has 2 heteroatoms. The topological polar surface area (TPSA) is 3.24 Å². The van der Waals surface area contributed by atoms with Crippen LogP contribution in [-0.2, 0) is 5.41 Å². The van der Waals surface area contributed by atoms with Crippen molar-refractivity contribution < 1.29 is 0 Å². The highest BCUT2D eigenvalue weighted by Gasteiger charge is 2.51. The molecule has 1 spiro atoms. The number of hydrogen-bond donors (Lipinski definition) is 0. The number of fused-ring (bicyclic) bond motifs is 13. The summed E-state index contributed by atoms with van der Waals surface area (Å²) in [7, 11) is 0. The van der Waals surface area contributed by atoms with Gasteiger partial charge in [0.1, 0.15) is 0 Å². The molecule has 0 bridgehead atoms. The van der Waals surface area contributed by atoms with Crippen molar-refractivity contribution in [2.45, 2.75) is 5.41 Å². The van der Waals surface area contributed by atoms with E-state index in [9.17, 15) is 0 Å². The predicted octanol–water partition coefficient (Wildman–Crippen LogP) is 18.5. The molecule has 0 atom stereocenters. The lowest BCUT2D eigenvalue weighted by atomic mass is 9.70. The van der Waals surface area contributed by atoms with Gasteiger partial charge in [-0.3, -0.25) is 0 Å². The van der Waals surface area contributed by atoms with Crippen LogP contribution >= 0.6 is 11.3 Å². The molecule has 2 aliphatic carbocycles. The van der Waals surface area contributed by atoms with E-state index in [1.165, 1.54) is 104 Å². The van der Waals surface area contributed by atoms with Gasteiger partial charge in [0.15, 0.2) is 0 Å². The summed E-state index contributed by atoms with van der Waals surface area (Å²) >= 11 is 1.87. The molecule has 0 unspecified atom stereocenters. The molecule has 14 rings (SSSR count). The summed E-state index contributed by atoms with van der Waals surface area (Å²) in [5, 5.41) is 2.64. The molecule has 0 fully saturated rings. The lowest BCUT2D eigenvalue weighted by Gasteiger charge is -2.31. The zero-order valence-corrected chi connectivity index (χ0v) is 38.5. The minimum Gasteiger partial charge on any atom is -0.310 e. The second kappa shape index (κ2) is 15.8. The van der Waals surface area contributed by atoms with E-state index in [-0.39, 0.29) is 0 Å². The molecule has 1 heterocycles. The third-order valence-corrected chi connectivity index (χ3v) is 15.9. The van der Waals surface area contributed by atoms with Gasteiger partial charge < -0.3 is 4.90 Å². The first-order valence-electron chi connectivity index (χ1n) is 23.8. The SMILES string of the molecule is c1ccc(-c2ccccc2-c2ccccc2-c2ccccc2N(c2ccc(-c3ccc4c(c3)sc3ccccc34)cc2)c2ccc3c(c2)-c2ccccc2C32c3ccccc3-c3ccccc32)cc1. The maximum absolute atomic E-state index is 2.48. The van der Waals surface area contributed by atoms with E-state index in [2.05, 4.69) is 266 Å². The summed E-state index contributed by atoms with van der Waals surface area (Å²) in [5.41, 5.74) is 23.0. The molecule has 12 aromatic rings. The van der Waals surface area contributed by atoms with Crippen molar-refractivity contribution in [3.63, 3.8) is 0 Å². The Bertz CT molecular complexity index is 3930. The van der Waals surface area contributed by atoms with Gasteiger partial charge in [-0.15, -0.1) is 11.3 Å². The maximum Gasteiger partial charge on any atom is 0.0725 e. The van der Waals surface area contributed by atoms with E-state index >= 15 is 0 Å². The van der Waals surface area contributed by atoms with Gasteiger partial charge in [-0.25, -0.2) is 0 Å². The number of thiophene rings is 1. The molecule has 0 radical (unpaired) electrons. The molecule has 0 saturated heterocycles. The van der Waals surface area contributed by atoms with Gasteiger partial charge in [0.05, 0.1) is 11.1 Å². The Morgan fingerprint density at radius 2 is 0.725 bits per heavy atom. The second-order valence-corrected chi connectivity index (χ2v) is 19.4. The predicted molar refractivity (Wildman–Crippen MR) is 292 cm³/mol. The first-order valence-corrected chi connectivity index (χ1v) is 24.6. The van der Waals surface area contributed by atoms with E-state index < -0.39 is 5.41 Å². The Kier molecular flexibility index (Phi) is 9.05. The lowest BCUT2D eigenvalue weighted by molar-refractivity contribution is 0.794. The van der Waals surface area contributed by atoms with Crippen LogP contribution in [0.1, 0.15) is 22.3 Å². The van der Waals surface area contributed by atoms with Gasteiger partial charge in [0, 0.05) is 37.1 Å². The summed E-state index contributed by atoms with van der Waals surface area (Å²) in [6, 6.07) is 96.8. The van der Waals surface area contributed by atoms with Crippen LogP contribution in [0.3, 0.4) is 0 Å². The fourth-order valence-corrected chi connectivity index (χ4v) is 12.9. The number of rotatable bonds is 7. The molecular weight excluding hydrogens is 851 g/mol. The average molecular weight is 894 g/mol. The van der Waals surface area contributed by atoms with Crippen molar-refractivity contribution in [2.24, 2.45) is 0 Å². The van der Waals surface area contributed by atoms with E-state index in [1.54, 1.807) is 0 Å². The second-order valence-electron chi connectivity index (χ2n) is 18.3. The van der Waals surface area contributed by atoms with Gasteiger partial charge in [0.2, 0.25) is 0 Å². The Hall–Kier alpha value is -8.56. The molecule has 2 aliphatic rings. The van der Waals surface area contributed by atoms with Crippen LogP contribution in [0.2, 0.25) is 0 Å². The Labute approximate surface area is 406 Å². The highest BCUT2D eigenvalue weighted by Crippen LogP contribution is 2.63. The van der Waals surface area contributed by atoms with Crippen LogP contribution in [0.4, 0.5) is 17.1 Å². The third-order valence-electron chi connectivity index (χ3n) is 14.7. The van der Waals surface area contributed by atoms with Crippen LogP contribution in [0, 0.1) is 0 Å². The monoisotopic (exact) mass is 893 g/mol. The molecule has 0 aliphatic heterocycles. The zero-order valence-electron chi connectivity index (χ0n) is 37.7. The van der Waals surface area contributed by atoms with Crippen LogP contribution in [0.25, 0.3) is 86.9 Å². The fourth-order valence-electron chi connectivity index (χ4n) is 11.8. The van der Waals surface area contributed by atoms with Crippen molar-refractivity contribution in [1.29, 1.82) is 0 Å². The molecular formula is C67H43NS. The first kappa shape index (κ1) is 39.6. The molecule has 322 valence electrons. The van der Waals surface area contributed by atoms with Crippen LogP contribution in [-0.4, -0.2) is 0 Å². The highest BCUT2D eigenvalue weighted by molar-refractivity contribution is 7.25. The lowest BCUT2D eigenvalue weighted by Crippen LogP contribution is -2.25. The Morgan fingerprint density at radius 1 is 0.261 bits per heavy atom. The Morgan fingerprint density at radius 3 is 1.41 bits per heavy atom. The van der Waals surface area contributed by atoms with Crippen molar-refractivity contribution >= 4 is 48.6 Å². The minimum absolute atomic E-state index is 0.414. The molecule has 11 aromatic carbocycles. The summed E-state index contributed by atoms with van der Waals surface area (Å²) < 4.78 is 2.63. The fraction of sp³-hybridized carbons (Fsp3) is 0.0149. The summed E-state index contributed by atoms with van der Waals surface area (Å²) in [6.07, 6.45) is 0. The molecule has 69 heavy (non-hydrogen) atoms. The summed E-state index contributed by atoms with van der Waals surface area (Å²) in [6.45, 7) is 0. The van der Waals surface area contributed by atoms with Crippen molar-refractivity contribution in [3.05, 3.63) is 283 Å². The van der Waals surface area contributed by atoms with Crippen LogP contribution in [0.15, 0.2) is 261 Å². The number of hydrogen-bond acceptors (Lipinski definition) is 2. The Balaban J connectivity index is 0.969. The average Bonchev–Trinajstić information content (AvgIpc) is 4.05. The summed E-state index contributed by atoms with van der Waals surface area (Å²) in [5.74, 6) is 0. The molecule has 0 amide bonds. The van der Waals surface area contributed by atoms with Gasteiger partial charge >= 0.3 is 0 Å². The highest BCUT2D eigenvalue weighted by atomic mass is 32.1. The first-order chi connectivity index (χ1) is 34.2. The van der Waals surface area contributed by atoms with Crippen LogP contribution in [0.5, 0.6) is 0 Å². The minimum atomic E-state index is -0.414. The largest absolute Gasteiger partial charge is 0.310 e. The van der Waals surface area contributed by atoms with E-state index in [0.29, 0.717) is 0 Å². The number of para-hydroxylation sites is 1. The number of nitrogens with zero attached hydrogens (tertiary/aromatic N) is 1. The zero-order chi connectivity index (χ0) is 45.5.